The third-order valence-electron chi connectivity index (χ3n) is 3.59. The summed E-state index contributed by atoms with van der Waals surface area (Å²) in [6.45, 7) is 14.1. The number of carbonyl (C=O) groups is 1. The molecule has 3 heteroatoms. The fourth-order valence-corrected chi connectivity index (χ4v) is 5.60. The molecule has 100 valence electrons. The number of Topliss-reactive ketones (excluding diaryl/α,β-unsaturated/α-hetero) is 1. The molecule has 0 bridgehead atoms. The minimum atomic E-state index is -1.66. The minimum absolute atomic E-state index is 0.195. The van der Waals surface area contributed by atoms with Crippen molar-refractivity contribution < 1.29 is 9.22 Å². The van der Waals surface area contributed by atoms with Gasteiger partial charge in [0, 0.05) is 6.42 Å². The second kappa shape index (κ2) is 7.12. The highest BCUT2D eigenvalue weighted by atomic mass is 28.4. The molecule has 2 nitrogen and oxygen atoms in total. The lowest BCUT2D eigenvalue weighted by atomic mass is 9.96. The van der Waals surface area contributed by atoms with Gasteiger partial charge in [0.15, 0.2) is 8.32 Å². The van der Waals surface area contributed by atoms with Gasteiger partial charge in [-0.05, 0) is 38.4 Å². The van der Waals surface area contributed by atoms with E-state index in [2.05, 4.69) is 34.3 Å². The van der Waals surface area contributed by atoms with Gasteiger partial charge in [-0.25, -0.2) is 0 Å². The second-order valence-electron chi connectivity index (χ2n) is 5.17. The van der Waals surface area contributed by atoms with Crippen LogP contribution in [0.15, 0.2) is 12.7 Å². The Morgan fingerprint density at radius 3 is 2.06 bits per heavy atom. The van der Waals surface area contributed by atoms with E-state index < -0.39 is 8.32 Å². The van der Waals surface area contributed by atoms with Gasteiger partial charge in [0.1, 0.15) is 5.78 Å². The van der Waals surface area contributed by atoms with E-state index >= 15 is 0 Å². The zero-order valence-electron chi connectivity index (χ0n) is 12.1. The quantitative estimate of drug-likeness (QED) is 0.453. The Balaban J connectivity index is 4.93. The minimum Gasteiger partial charge on any atom is -0.411 e. The summed E-state index contributed by atoms with van der Waals surface area (Å²) >= 11 is 0. The molecule has 17 heavy (non-hydrogen) atoms. The predicted molar refractivity (Wildman–Crippen MR) is 76.8 cm³/mol. The van der Waals surface area contributed by atoms with Gasteiger partial charge in [0.25, 0.3) is 0 Å². The summed E-state index contributed by atoms with van der Waals surface area (Å²) in [7, 11) is -1.66. The molecule has 0 aliphatic rings. The van der Waals surface area contributed by atoms with Crippen molar-refractivity contribution in [2.75, 3.05) is 0 Å². The first-order chi connectivity index (χ1) is 7.87. The summed E-state index contributed by atoms with van der Waals surface area (Å²) in [5.41, 5.74) is -0.345. The summed E-state index contributed by atoms with van der Waals surface area (Å²) in [5, 5.41) is 0. The van der Waals surface area contributed by atoms with Crippen molar-refractivity contribution in [2.24, 2.45) is 0 Å². The first kappa shape index (κ1) is 16.6. The Morgan fingerprint density at radius 2 is 1.76 bits per heavy atom. The Bertz CT molecular complexity index is 251. The van der Waals surface area contributed by atoms with Crippen LogP contribution in [-0.2, 0) is 9.22 Å². The molecule has 0 spiro atoms. The lowest BCUT2D eigenvalue weighted by Crippen LogP contribution is -2.46. The maximum absolute atomic E-state index is 11.4. The van der Waals surface area contributed by atoms with Crippen molar-refractivity contribution in [3.8, 4) is 0 Å². The van der Waals surface area contributed by atoms with E-state index in [1.807, 2.05) is 6.08 Å². The third kappa shape index (κ3) is 5.17. The molecular weight excluding hydrogens is 228 g/mol. The molecule has 0 rings (SSSR count). The van der Waals surface area contributed by atoms with Crippen molar-refractivity contribution in [3.63, 3.8) is 0 Å². The van der Waals surface area contributed by atoms with Gasteiger partial charge in [-0.15, -0.1) is 6.58 Å². The number of hydrogen-bond acceptors (Lipinski definition) is 2. The van der Waals surface area contributed by atoms with Crippen molar-refractivity contribution in [1.29, 1.82) is 0 Å². The van der Waals surface area contributed by atoms with Crippen LogP contribution in [-0.4, -0.2) is 19.7 Å². The van der Waals surface area contributed by atoms with E-state index in [-0.39, 0.29) is 11.4 Å². The highest BCUT2D eigenvalue weighted by Crippen LogP contribution is 2.32. The van der Waals surface area contributed by atoms with Crippen LogP contribution in [0.2, 0.25) is 18.1 Å². The fraction of sp³-hybridized carbons (Fsp3) is 0.786. The average molecular weight is 256 g/mol. The number of ketones is 1. The van der Waals surface area contributed by atoms with E-state index in [4.69, 9.17) is 4.43 Å². The Labute approximate surface area is 108 Å². The Kier molecular flexibility index (Phi) is 6.94. The van der Waals surface area contributed by atoms with Crippen LogP contribution < -0.4 is 0 Å². The molecule has 0 aromatic heterocycles. The van der Waals surface area contributed by atoms with E-state index in [0.29, 0.717) is 6.42 Å². The van der Waals surface area contributed by atoms with Gasteiger partial charge < -0.3 is 4.43 Å². The largest absolute Gasteiger partial charge is 0.411 e. The maximum atomic E-state index is 11.4. The van der Waals surface area contributed by atoms with Gasteiger partial charge in [-0.3, -0.25) is 4.79 Å². The predicted octanol–water partition coefficient (Wildman–Crippen LogP) is 4.32. The standard InChI is InChI=1S/C14H28O2Si/c1-7-11-14(6,12-13(5)15)16-17(8-2,9-3)10-4/h7H,1,8-12H2,2-6H3. The van der Waals surface area contributed by atoms with E-state index in [1.165, 1.54) is 0 Å². The zero-order valence-corrected chi connectivity index (χ0v) is 13.1. The first-order valence-corrected chi connectivity index (χ1v) is 9.20. The summed E-state index contributed by atoms with van der Waals surface area (Å²) in [6.07, 6.45) is 3.11. The van der Waals surface area contributed by atoms with Gasteiger partial charge >= 0.3 is 0 Å². The topological polar surface area (TPSA) is 26.3 Å². The highest BCUT2D eigenvalue weighted by Gasteiger charge is 2.37. The molecule has 0 aromatic carbocycles. The lowest BCUT2D eigenvalue weighted by Gasteiger charge is -2.39. The molecule has 1 atom stereocenters. The SMILES string of the molecule is C=CCC(C)(CC(C)=O)O[Si](CC)(CC)CC. The highest BCUT2D eigenvalue weighted by molar-refractivity contribution is 6.73. The molecule has 0 aliphatic carbocycles. The monoisotopic (exact) mass is 256 g/mol. The molecule has 0 N–H and O–H groups in total. The summed E-state index contributed by atoms with van der Waals surface area (Å²) in [4.78, 5) is 11.4. The van der Waals surface area contributed by atoms with Gasteiger partial charge in [0.2, 0.25) is 0 Å². The summed E-state index contributed by atoms with van der Waals surface area (Å²) in [5.74, 6) is 0.195. The number of carbonyl (C=O) groups excluding carboxylic acids is 1. The molecule has 1 unspecified atom stereocenters. The Hall–Kier alpha value is -0.413. The Morgan fingerprint density at radius 1 is 1.29 bits per heavy atom. The molecular formula is C14H28O2Si. The van der Waals surface area contributed by atoms with E-state index in [9.17, 15) is 4.79 Å². The van der Waals surface area contributed by atoms with Crippen molar-refractivity contribution in [1.82, 2.24) is 0 Å². The normalized spacial score (nSPS) is 15.4. The molecule has 0 radical (unpaired) electrons. The lowest BCUT2D eigenvalue weighted by molar-refractivity contribution is -0.120. The number of hydrogen-bond donors (Lipinski definition) is 0. The van der Waals surface area contributed by atoms with Crippen LogP contribution >= 0.6 is 0 Å². The summed E-state index contributed by atoms with van der Waals surface area (Å²) in [6, 6.07) is 3.35. The zero-order chi connectivity index (χ0) is 13.5. The van der Waals surface area contributed by atoms with Crippen molar-refractivity contribution in [2.45, 2.75) is 71.2 Å². The smallest absolute Gasteiger partial charge is 0.192 e. The van der Waals surface area contributed by atoms with Crippen LogP contribution in [0.3, 0.4) is 0 Å². The van der Waals surface area contributed by atoms with Crippen LogP contribution in [0.4, 0.5) is 0 Å². The second-order valence-corrected chi connectivity index (χ2v) is 9.86. The molecule has 0 fully saturated rings. The molecule has 0 saturated carbocycles. The third-order valence-corrected chi connectivity index (χ3v) is 8.39. The molecule has 0 amide bonds. The van der Waals surface area contributed by atoms with Crippen molar-refractivity contribution >= 4 is 14.1 Å². The van der Waals surface area contributed by atoms with E-state index in [1.54, 1.807) is 6.92 Å². The molecule has 0 saturated heterocycles. The summed E-state index contributed by atoms with van der Waals surface area (Å²) < 4.78 is 6.47. The van der Waals surface area contributed by atoms with Crippen molar-refractivity contribution in [3.05, 3.63) is 12.7 Å². The average Bonchev–Trinajstić information content (AvgIpc) is 2.25. The van der Waals surface area contributed by atoms with Crippen LogP contribution in [0.25, 0.3) is 0 Å². The molecule has 0 aromatic rings. The molecule has 0 aliphatic heterocycles. The number of rotatable bonds is 9. The van der Waals surface area contributed by atoms with Gasteiger partial charge in [0.05, 0.1) is 5.60 Å². The van der Waals surface area contributed by atoms with E-state index in [0.717, 1.165) is 24.6 Å². The van der Waals surface area contributed by atoms with Gasteiger partial charge in [-0.1, -0.05) is 26.8 Å². The van der Waals surface area contributed by atoms with Crippen LogP contribution in [0.1, 0.15) is 47.5 Å². The first-order valence-electron chi connectivity index (χ1n) is 6.67. The van der Waals surface area contributed by atoms with Gasteiger partial charge in [-0.2, -0.15) is 0 Å². The molecule has 0 heterocycles. The maximum Gasteiger partial charge on any atom is 0.192 e. The fourth-order valence-electron chi connectivity index (χ4n) is 2.47. The van der Waals surface area contributed by atoms with Crippen LogP contribution in [0, 0.1) is 0 Å². The van der Waals surface area contributed by atoms with Crippen LogP contribution in [0.5, 0.6) is 0 Å².